The highest BCUT2D eigenvalue weighted by molar-refractivity contribution is 7.92. The van der Waals surface area contributed by atoms with Gasteiger partial charge in [0.05, 0.1) is 35.3 Å². The van der Waals surface area contributed by atoms with Gasteiger partial charge in [-0.25, -0.2) is 8.42 Å². The number of aryl methyl sites for hydroxylation is 1. The number of sulfonamides is 1. The van der Waals surface area contributed by atoms with Crippen LogP contribution in [0.15, 0.2) is 53.4 Å². The van der Waals surface area contributed by atoms with Gasteiger partial charge in [0.25, 0.3) is 10.0 Å². The predicted octanol–water partition coefficient (Wildman–Crippen LogP) is 4.39. The fourth-order valence-corrected chi connectivity index (χ4v) is 4.85. The van der Waals surface area contributed by atoms with Gasteiger partial charge < -0.3 is 19.8 Å². The number of nitrogen functional groups attached to an aromatic ring is 1. The van der Waals surface area contributed by atoms with Gasteiger partial charge >= 0.3 is 0 Å². The van der Waals surface area contributed by atoms with Crippen molar-refractivity contribution in [3.05, 3.63) is 53.6 Å². The first kappa shape index (κ1) is 20.2. The molecule has 0 amide bonds. The van der Waals surface area contributed by atoms with Crippen LogP contribution >= 0.6 is 11.6 Å². The van der Waals surface area contributed by atoms with E-state index < -0.39 is 10.0 Å². The lowest BCUT2D eigenvalue weighted by molar-refractivity contribution is 0.396. The second-order valence-corrected chi connectivity index (χ2v) is 8.90. The van der Waals surface area contributed by atoms with Crippen LogP contribution in [0.5, 0.6) is 11.5 Å². The Morgan fingerprint density at radius 3 is 2.37 bits per heavy atom. The summed E-state index contributed by atoms with van der Waals surface area (Å²) in [6.45, 7) is 0. The largest absolute Gasteiger partial charge is 0.495 e. The van der Waals surface area contributed by atoms with E-state index in [1.807, 2.05) is 23.7 Å². The van der Waals surface area contributed by atoms with Gasteiger partial charge in [-0.2, -0.15) is 0 Å². The van der Waals surface area contributed by atoms with E-state index in [9.17, 15) is 8.42 Å². The van der Waals surface area contributed by atoms with Crippen molar-refractivity contribution in [3.63, 3.8) is 0 Å². The van der Waals surface area contributed by atoms with E-state index in [1.165, 1.54) is 26.4 Å². The molecule has 0 spiro atoms. The van der Waals surface area contributed by atoms with Gasteiger partial charge in [0, 0.05) is 35.1 Å². The number of nitrogens with one attached hydrogen (secondary N) is 1. The van der Waals surface area contributed by atoms with Crippen LogP contribution in [-0.4, -0.2) is 27.2 Å². The number of halogens is 1. The lowest BCUT2D eigenvalue weighted by atomic mass is 10.1. The Kier molecular flexibility index (Phi) is 4.91. The molecule has 0 bridgehead atoms. The molecule has 30 heavy (non-hydrogen) atoms. The Labute approximate surface area is 179 Å². The number of nitrogens with zero attached hydrogens (tertiary/aromatic N) is 1. The molecule has 7 nitrogen and oxygen atoms in total. The molecular weight excluding hydrogens is 426 g/mol. The highest BCUT2D eigenvalue weighted by Gasteiger charge is 2.20. The normalized spacial score (nSPS) is 11.7. The molecule has 156 valence electrons. The van der Waals surface area contributed by atoms with Crippen LogP contribution in [0.1, 0.15) is 0 Å². The molecule has 0 atom stereocenters. The molecule has 1 heterocycles. The summed E-state index contributed by atoms with van der Waals surface area (Å²) in [4.78, 5) is 0.119. The zero-order valence-electron chi connectivity index (χ0n) is 16.6. The van der Waals surface area contributed by atoms with Crippen LogP contribution in [0, 0.1) is 0 Å². The Balaban J connectivity index is 1.82. The molecule has 3 N–H and O–H groups in total. The quantitative estimate of drug-likeness (QED) is 0.444. The van der Waals surface area contributed by atoms with Crippen LogP contribution in [0.2, 0.25) is 5.02 Å². The molecule has 0 saturated heterocycles. The first-order valence-electron chi connectivity index (χ1n) is 8.97. The van der Waals surface area contributed by atoms with Gasteiger partial charge in [-0.15, -0.1) is 0 Å². The van der Waals surface area contributed by atoms with E-state index in [2.05, 4.69) is 4.72 Å². The maximum absolute atomic E-state index is 13.1. The summed E-state index contributed by atoms with van der Waals surface area (Å²) < 4.78 is 41.2. The molecule has 3 aromatic carbocycles. The third-order valence-corrected chi connectivity index (χ3v) is 6.69. The molecule has 0 radical (unpaired) electrons. The second-order valence-electron chi connectivity index (χ2n) is 6.81. The van der Waals surface area contributed by atoms with Crippen molar-refractivity contribution in [1.29, 1.82) is 0 Å². The minimum absolute atomic E-state index is 0.119. The number of fused-ring (bicyclic) bond motifs is 3. The Hall–Kier alpha value is -3.10. The number of hydrogen-bond donors (Lipinski definition) is 2. The Morgan fingerprint density at radius 1 is 0.933 bits per heavy atom. The molecule has 1 aromatic heterocycles. The third-order valence-electron chi connectivity index (χ3n) is 5.03. The summed E-state index contributed by atoms with van der Waals surface area (Å²) in [5, 5.41) is 2.00. The van der Waals surface area contributed by atoms with E-state index in [4.69, 9.17) is 26.8 Å². The monoisotopic (exact) mass is 445 g/mol. The van der Waals surface area contributed by atoms with Crippen molar-refractivity contribution in [2.75, 3.05) is 24.7 Å². The predicted molar refractivity (Wildman–Crippen MR) is 120 cm³/mol. The molecule has 0 aliphatic carbocycles. The number of anilines is 2. The zero-order chi connectivity index (χ0) is 21.6. The van der Waals surface area contributed by atoms with Crippen molar-refractivity contribution in [1.82, 2.24) is 4.57 Å². The van der Waals surface area contributed by atoms with Gasteiger partial charge in [0.2, 0.25) is 0 Å². The number of nitrogens with two attached hydrogens (primary N) is 1. The number of benzene rings is 3. The van der Waals surface area contributed by atoms with E-state index >= 15 is 0 Å². The first-order valence-corrected chi connectivity index (χ1v) is 10.8. The summed E-state index contributed by atoms with van der Waals surface area (Å²) in [6.07, 6.45) is 0. The number of ether oxygens (including phenoxy) is 2. The summed E-state index contributed by atoms with van der Waals surface area (Å²) in [7, 11) is 0.921. The van der Waals surface area contributed by atoms with E-state index in [1.54, 1.807) is 24.3 Å². The Bertz CT molecular complexity index is 1400. The standard InChI is InChI=1S/C21H20ClN3O4S/c1-25-18-7-5-13(9-15(18)14-6-4-12(23)8-19(14)25)30(26,27)24-17-10-16(22)20(28-2)11-21(17)29-3/h4-11,24H,23H2,1-3H3. The summed E-state index contributed by atoms with van der Waals surface area (Å²) in [5.41, 5.74) is 8.60. The first-order chi connectivity index (χ1) is 14.2. The number of rotatable bonds is 5. The third kappa shape index (κ3) is 3.28. The summed E-state index contributed by atoms with van der Waals surface area (Å²) in [5.74, 6) is 0.675. The molecular formula is C21H20ClN3O4S. The second kappa shape index (κ2) is 7.30. The fraction of sp³-hybridized carbons (Fsp3) is 0.143. The lowest BCUT2D eigenvalue weighted by Crippen LogP contribution is -2.13. The minimum Gasteiger partial charge on any atom is -0.495 e. The Morgan fingerprint density at radius 2 is 1.67 bits per heavy atom. The minimum atomic E-state index is -3.90. The smallest absolute Gasteiger partial charge is 0.262 e. The molecule has 4 aromatic rings. The van der Waals surface area contributed by atoms with E-state index in [0.717, 1.165) is 21.8 Å². The SMILES string of the molecule is COc1cc(OC)c(NS(=O)(=O)c2ccc3c(c2)c2ccc(N)cc2n3C)cc1Cl. The molecule has 0 aliphatic heterocycles. The molecule has 9 heteroatoms. The van der Waals surface area contributed by atoms with Crippen LogP contribution < -0.4 is 19.9 Å². The van der Waals surface area contributed by atoms with E-state index in [0.29, 0.717) is 17.2 Å². The zero-order valence-corrected chi connectivity index (χ0v) is 18.1. The van der Waals surface area contributed by atoms with Crippen LogP contribution in [0.3, 0.4) is 0 Å². The van der Waals surface area contributed by atoms with Crippen LogP contribution in [0.25, 0.3) is 21.8 Å². The fourth-order valence-electron chi connectivity index (χ4n) is 3.52. The molecule has 0 fully saturated rings. The van der Waals surface area contributed by atoms with E-state index in [-0.39, 0.29) is 15.6 Å². The lowest BCUT2D eigenvalue weighted by Gasteiger charge is -2.14. The number of hydrogen-bond acceptors (Lipinski definition) is 5. The summed E-state index contributed by atoms with van der Waals surface area (Å²) >= 11 is 6.16. The number of methoxy groups -OCH3 is 2. The van der Waals surface area contributed by atoms with Gasteiger partial charge in [-0.3, -0.25) is 4.72 Å². The van der Waals surface area contributed by atoms with Crippen LogP contribution in [0.4, 0.5) is 11.4 Å². The van der Waals surface area contributed by atoms with Crippen molar-refractivity contribution >= 4 is 54.8 Å². The van der Waals surface area contributed by atoms with Crippen molar-refractivity contribution < 1.29 is 17.9 Å². The van der Waals surface area contributed by atoms with Gasteiger partial charge in [-0.1, -0.05) is 17.7 Å². The maximum atomic E-state index is 13.1. The van der Waals surface area contributed by atoms with Crippen molar-refractivity contribution in [2.45, 2.75) is 4.90 Å². The summed E-state index contributed by atoms with van der Waals surface area (Å²) in [6, 6.07) is 13.5. The average Bonchev–Trinajstić information content (AvgIpc) is 2.99. The molecule has 0 unspecified atom stereocenters. The molecule has 0 saturated carbocycles. The molecule has 4 rings (SSSR count). The highest BCUT2D eigenvalue weighted by Crippen LogP contribution is 2.37. The maximum Gasteiger partial charge on any atom is 0.262 e. The number of aromatic nitrogens is 1. The average molecular weight is 446 g/mol. The van der Waals surface area contributed by atoms with Crippen molar-refractivity contribution in [3.8, 4) is 11.5 Å². The highest BCUT2D eigenvalue weighted by atomic mass is 35.5. The van der Waals surface area contributed by atoms with Crippen molar-refractivity contribution in [2.24, 2.45) is 7.05 Å². The van der Waals surface area contributed by atoms with Gasteiger partial charge in [0.15, 0.2) is 0 Å². The van der Waals surface area contributed by atoms with Crippen LogP contribution in [-0.2, 0) is 17.1 Å². The van der Waals surface area contributed by atoms with Gasteiger partial charge in [-0.05, 0) is 36.4 Å². The molecule has 0 aliphatic rings. The van der Waals surface area contributed by atoms with Gasteiger partial charge in [0.1, 0.15) is 11.5 Å². The topological polar surface area (TPSA) is 95.6 Å².